The van der Waals surface area contributed by atoms with Crippen molar-refractivity contribution in [1.29, 1.82) is 5.26 Å². The Kier molecular flexibility index (Phi) is 2.71. The van der Waals surface area contributed by atoms with Gasteiger partial charge in [-0.3, -0.25) is 5.10 Å². The quantitative estimate of drug-likeness (QED) is 0.818. The number of halogens is 3. The van der Waals surface area contributed by atoms with Gasteiger partial charge in [-0.2, -0.15) is 23.5 Å². The van der Waals surface area contributed by atoms with Gasteiger partial charge in [0.25, 0.3) is 0 Å². The van der Waals surface area contributed by atoms with Crippen LogP contribution in [0.15, 0.2) is 24.3 Å². The minimum Gasteiger partial charge on any atom is -0.384 e. The van der Waals surface area contributed by atoms with Crippen molar-refractivity contribution in [3.63, 3.8) is 0 Å². The number of aromatic amines is 1. The minimum absolute atomic E-state index is 0.107. The van der Waals surface area contributed by atoms with Crippen LogP contribution in [0.1, 0.15) is 11.3 Å². The second-order valence-electron chi connectivity index (χ2n) is 3.52. The molecule has 18 heavy (non-hydrogen) atoms. The van der Waals surface area contributed by atoms with Crippen LogP contribution in [0, 0.1) is 11.3 Å². The van der Waals surface area contributed by atoms with Crippen molar-refractivity contribution in [3.8, 4) is 17.2 Å². The molecule has 2 aromatic rings. The van der Waals surface area contributed by atoms with Crippen molar-refractivity contribution in [1.82, 2.24) is 10.2 Å². The first kappa shape index (κ1) is 12.0. The molecule has 0 spiro atoms. The summed E-state index contributed by atoms with van der Waals surface area (Å²) in [7, 11) is 0. The number of benzene rings is 1. The van der Waals surface area contributed by atoms with E-state index in [0.29, 0.717) is 0 Å². The van der Waals surface area contributed by atoms with Gasteiger partial charge in [0, 0.05) is 5.56 Å². The molecule has 0 aliphatic carbocycles. The topological polar surface area (TPSA) is 78.5 Å². The molecule has 0 saturated heterocycles. The highest BCUT2D eigenvalue weighted by Gasteiger charge is 2.38. The maximum Gasteiger partial charge on any atom is 0.435 e. The molecule has 0 aliphatic heterocycles. The SMILES string of the molecule is N#Cc1ccccc1-c1c(C(F)(F)F)n[nH]c1N. The van der Waals surface area contributed by atoms with E-state index in [1.54, 1.807) is 6.07 Å². The first-order valence-corrected chi connectivity index (χ1v) is 4.85. The molecule has 0 saturated carbocycles. The van der Waals surface area contributed by atoms with Crippen molar-refractivity contribution in [2.24, 2.45) is 0 Å². The van der Waals surface area contributed by atoms with Crippen LogP contribution in [-0.2, 0) is 6.18 Å². The van der Waals surface area contributed by atoms with Crippen molar-refractivity contribution in [2.45, 2.75) is 6.18 Å². The van der Waals surface area contributed by atoms with Crippen molar-refractivity contribution in [3.05, 3.63) is 35.5 Å². The first-order chi connectivity index (χ1) is 8.45. The van der Waals surface area contributed by atoms with Gasteiger partial charge in [-0.25, -0.2) is 0 Å². The highest BCUT2D eigenvalue weighted by Crippen LogP contribution is 2.39. The fourth-order valence-corrected chi connectivity index (χ4v) is 1.63. The smallest absolute Gasteiger partial charge is 0.384 e. The third kappa shape index (κ3) is 1.88. The number of nitrogen functional groups attached to an aromatic ring is 1. The van der Waals surface area contributed by atoms with E-state index in [4.69, 9.17) is 11.0 Å². The average Bonchev–Trinajstić information content (AvgIpc) is 2.70. The molecule has 1 aromatic heterocycles. The molecule has 3 N–H and O–H groups in total. The first-order valence-electron chi connectivity index (χ1n) is 4.85. The Labute approximate surface area is 99.8 Å². The molecule has 0 aliphatic rings. The van der Waals surface area contributed by atoms with Gasteiger partial charge in [-0.1, -0.05) is 18.2 Å². The monoisotopic (exact) mass is 252 g/mol. The maximum atomic E-state index is 12.8. The Hall–Kier alpha value is -2.49. The lowest BCUT2D eigenvalue weighted by Crippen LogP contribution is -2.08. The van der Waals surface area contributed by atoms with Gasteiger partial charge in [0.2, 0.25) is 0 Å². The number of hydrogen-bond donors (Lipinski definition) is 2. The number of nitrogens with two attached hydrogens (primary N) is 1. The van der Waals surface area contributed by atoms with Crippen molar-refractivity contribution >= 4 is 5.82 Å². The van der Waals surface area contributed by atoms with Crippen LogP contribution in [0.3, 0.4) is 0 Å². The van der Waals surface area contributed by atoms with Crippen LogP contribution < -0.4 is 5.73 Å². The van der Waals surface area contributed by atoms with E-state index in [-0.39, 0.29) is 22.5 Å². The van der Waals surface area contributed by atoms with E-state index in [1.807, 2.05) is 6.07 Å². The van der Waals surface area contributed by atoms with Gasteiger partial charge in [-0.05, 0) is 6.07 Å². The molecule has 0 bridgehead atoms. The number of anilines is 1. The Morgan fingerprint density at radius 3 is 2.56 bits per heavy atom. The lowest BCUT2D eigenvalue weighted by atomic mass is 10.00. The summed E-state index contributed by atoms with van der Waals surface area (Å²) >= 11 is 0. The van der Waals surface area contributed by atoms with Crippen LogP contribution in [0.2, 0.25) is 0 Å². The molecule has 0 atom stereocenters. The molecule has 2 rings (SSSR count). The Morgan fingerprint density at radius 1 is 1.28 bits per heavy atom. The number of aromatic nitrogens is 2. The summed E-state index contributed by atoms with van der Waals surface area (Å²) in [6, 6.07) is 7.73. The summed E-state index contributed by atoms with van der Waals surface area (Å²) < 4.78 is 38.3. The van der Waals surface area contributed by atoms with Crippen LogP contribution in [0.25, 0.3) is 11.1 Å². The highest BCUT2D eigenvalue weighted by atomic mass is 19.4. The molecule has 92 valence electrons. The number of H-pyrrole nitrogens is 1. The fourth-order valence-electron chi connectivity index (χ4n) is 1.63. The number of nitrogens with one attached hydrogen (secondary N) is 1. The predicted octanol–water partition coefficient (Wildman–Crippen LogP) is 2.55. The van der Waals surface area contributed by atoms with Crippen molar-refractivity contribution < 1.29 is 13.2 Å². The second kappa shape index (κ2) is 4.07. The van der Waals surface area contributed by atoms with E-state index >= 15 is 0 Å². The van der Waals surface area contributed by atoms with E-state index in [9.17, 15) is 13.2 Å². The number of nitrogens with zero attached hydrogens (tertiary/aromatic N) is 2. The van der Waals surface area contributed by atoms with Crippen molar-refractivity contribution in [2.75, 3.05) is 5.73 Å². The molecule has 4 nitrogen and oxygen atoms in total. The summed E-state index contributed by atoms with van der Waals surface area (Å²) in [6.45, 7) is 0. The summed E-state index contributed by atoms with van der Waals surface area (Å²) in [6.07, 6.45) is -4.63. The molecule has 0 unspecified atom stereocenters. The van der Waals surface area contributed by atoms with Crippen LogP contribution >= 0.6 is 0 Å². The third-order valence-corrected chi connectivity index (χ3v) is 2.38. The van der Waals surface area contributed by atoms with Gasteiger partial charge in [-0.15, -0.1) is 0 Å². The molecule has 7 heteroatoms. The van der Waals surface area contributed by atoms with Gasteiger partial charge in [0.1, 0.15) is 5.82 Å². The summed E-state index contributed by atoms with van der Waals surface area (Å²) in [4.78, 5) is 0. The third-order valence-electron chi connectivity index (χ3n) is 2.38. The van der Waals surface area contributed by atoms with E-state index in [0.717, 1.165) is 0 Å². The maximum absolute atomic E-state index is 12.8. The molecule has 0 radical (unpaired) electrons. The zero-order valence-electron chi connectivity index (χ0n) is 8.92. The van der Waals surface area contributed by atoms with Gasteiger partial charge in [0.05, 0.1) is 17.2 Å². The van der Waals surface area contributed by atoms with Crippen LogP contribution in [0.4, 0.5) is 19.0 Å². The molecule has 0 amide bonds. The lowest BCUT2D eigenvalue weighted by molar-refractivity contribution is -0.140. The highest BCUT2D eigenvalue weighted by molar-refractivity contribution is 5.80. The summed E-state index contributed by atoms with van der Waals surface area (Å²) in [5, 5.41) is 14.1. The molecular formula is C11H7F3N4. The normalized spacial score (nSPS) is 11.2. The van der Waals surface area contributed by atoms with Crippen LogP contribution in [-0.4, -0.2) is 10.2 Å². The van der Waals surface area contributed by atoms with Gasteiger partial charge >= 0.3 is 6.18 Å². The standard InChI is InChI=1S/C11H7F3N4/c12-11(13,14)9-8(10(16)18-17-9)7-4-2-1-3-6(7)5-15/h1-4H,(H3,16,17,18). The zero-order valence-corrected chi connectivity index (χ0v) is 8.92. The summed E-state index contributed by atoms with van der Waals surface area (Å²) in [5.41, 5.74) is 4.27. The van der Waals surface area contributed by atoms with E-state index in [1.165, 1.54) is 18.2 Å². The average molecular weight is 252 g/mol. The van der Waals surface area contributed by atoms with Crippen LogP contribution in [0.5, 0.6) is 0 Å². The van der Waals surface area contributed by atoms with E-state index < -0.39 is 11.9 Å². The number of hydrogen-bond acceptors (Lipinski definition) is 3. The minimum atomic E-state index is -4.63. The molecule has 0 fully saturated rings. The fraction of sp³-hybridized carbons (Fsp3) is 0.0909. The molecular weight excluding hydrogens is 245 g/mol. The number of alkyl halides is 3. The molecule has 1 aromatic carbocycles. The largest absolute Gasteiger partial charge is 0.435 e. The van der Waals surface area contributed by atoms with Gasteiger partial charge < -0.3 is 5.73 Å². The summed E-state index contributed by atoms with van der Waals surface area (Å²) in [5.74, 6) is -0.218. The van der Waals surface area contributed by atoms with Gasteiger partial charge in [0.15, 0.2) is 5.69 Å². The molecule has 1 heterocycles. The zero-order chi connectivity index (χ0) is 13.3. The number of nitriles is 1. The Bertz CT molecular complexity index is 622. The van der Waals surface area contributed by atoms with E-state index in [2.05, 4.69) is 10.2 Å². The lowest BCUT2D eigenvalue weighted by Gasteiger charge is -2.08. The second-order valence-corrected chi connectivity index (χ2v) is 3.52. The Balaban J connectivity index is 2.72. The predicted molar refractivity (Wildman–Crippen MR) is 58.2 cm³/mol. The Morgan fingerprint density at radius 2 is 1.94 bits per heavy atom. The number of rotatable bonds is 1.